The lowest BCUT2D eigenvalue weighted by molar-refractivity contribution is 0.224. The van der Waals surface area contributed by atoms with Crippen LogP contribution in [0.4, 0.5) is 0 Å². The van der Waals surface area contributed by atoms with Crippen molar-refractivity contribution in [3.8, 4) is 0 Å². The van der Waals surface area contributed by atoms with Crippen molar-refractivity contribution in [1.29, 1.82) is 0 Å². The van der Waals surface area contributed by atoms with E-state index in [-0.39, 0.29) is 0 Å². The summed E-state index contributed by atoms with van der Waals surface area (Å²) in [5.74, 6) is 0. The summed E-state index contributed by atoms with van der Waals surface area (Å²) in [6, 6.07) is 10.6. The highest BCUT2D eigenvalue weighted by Crippen LogP contribution is 1.98. The Morgan fingerprint density at radius 2 is 1.88 bits per heavy atom. The van der Waals surface area contributed by atoms with Gasteiger partial charge in [0, 0.05) is 39.4 Å². The Kier molecular flexibility index (Phi) is 4.80. The predicted molar refractivity (Wildman–Crippen MR) is 67.5 cm³/mol. The van der Waals surface area contributed by atoms with Gasteiger partial charge in [-0.15, -0.1) is 0 Å². The molecule has 1 aliphatic heterocycles. The highest BCUT2D eigenvalue weighted by Gasteiger charge is 2.07. The van der Waals surface area contributed by atoms with Crippen LogP contribution in [0.5, 0.6) is 0 Å². The molecular formula is C13H21N3. The lowest BCUT2D eigenvalue weighted by Gasteiger charge is -2.27. The van der Waals surface area contributed by atoms with Crippen LogP contribution in [-0.4, -0.2) is 44.3 Å². The second-order valence-electron chi connectivity index (χ2n) is 4.26. The van der Waals surface area contributed by atoms with Crippen LogP contribution < -0.4 is 10.6 Å². The second-order valence-corrected chi connectivity index (χ2v) is 4.26. The number of hydrogen-bond acceptors (Lipinski definition) is 3. The maximum absolute atomic E-state index is 3.50. The smallest absolute Gasteiger partial charge is 0.0481 e. The summed E-state index contributed by atoms with van der Waals surface area (Å²) < 4.78 is 0. The van der Waals surface area contributed by atoms with Crippen molar-refractivity contribution in [2.75, 3.05) is 39.4 Å². The van der Waals surface area contributed by atoms with Crippen molar-refractivity contribution in [2.45, 2.75) is 6.42 Å². The van der Waals surface area contributed by atoms with Crippen LogP contribution in [-0.2, 0) is 6.42 Å². The SMILES string of the molecule is c1ccc(CCNCN2CCNCC2)cc1. The normalized spacial score (nSPS) is 17.5. The van der Waals surface area contributed by atoms with Gasteiger partial charge >= 0.3 is 0 Å². The molecular weight excluding hydrogens is 198 g/mol. The molecule has 1 aromatic carbocycles. The molecule has 0 saturated carbocycles. The molecule has 16 heavy (non-hydrogen) atoms. The number of rotatable bonds is 5. The first-order chi connectivity index (χ1) is 7.95. The summed E-state index contributed by atoms with van der Waals surface area (Å²) in [7, 11) is 0. The van der Waals surface area contributed by atoms with E-state index in [1.165, 1.54) is 18.7 Å². The zero-order chi connectivity index (χ0) is 11.1. The van der Waals surface area contributed by atoms with Gasteiger partial charge < -0.3 is 10.6 Å². The van der Waals surface area contributed by atoms with E-state index in [4.69, 9.17) is 0 Å². The van der Waals surface area contributed by atoms with Gasteiger partial charge in [0.2, 0.25) is 0 Å². The minimum atomic E-state index is 1.02. The van der Waals surface area contributed by atoms with Crippen molar-refractivity contribution in [1.82, 2.24) is 15.5 Å². The van der Waals surface area contributed by atoms with Crippen LogP contribution >= 0.6 is 0 Å². The van der Waals surface area contributed by atoms with Gasteiger partial charge in [0.05, 0.1) is 0 Å². The Bertz CT molecular complexity index is 280. The van der Waals surface area contributed by atoms with Crippen molar-refractivity contribution < 1.29 is 0 Å². The molecule has 1 saturated heterocycles. The molecule has 1 aliphatic rings. The Hall–Kier alpha value is -0.900. The Morgan fingerprint density at radius 1 is 1.12 bits per heavy atom. The van der Waals surface area contributed by atoms with Crippen molar-refractivity contribution >= 4 is 0 Å². The summed E-state index contributed by atoms with van der Waals surface area (Å²) in [6.45, 7) is 6.67. The first-order valence-electron chi connectivity index (χ1n) is 6.13. The fraction of sp³-hybridized carbons (Fsp3) is 0.538. The maximum Gasteiger partial charge on any atom is 0.0481 e. The average molecular weight is 219 g/mol. The Labute approximate surface area is 97.8 Å². The average Bonchev–Trinajstić information content (AvgIpc) is 2.37. The van der Waals surface area contributed by atoms with E-state index in [0.717, 1.165) is 32.7 Å². The third-order valence-electron chi connectivity index (χ3n) is 2.98. The number of benzene rings is 1. The van der Waals surface area contributed by atoms with Gasteiger partial charge in [-0.2, -0.15) is 0 Å². The van der Waals surface area contributed by atoms with Gasteiger partial charge in [0.15, 0.2) is 0 Å². The number of hydrogen-bond donors (Lipinski definition) is 2. The summed E-state index contributed by atoms with van der Waals surface area (Å²) in [5, 5.41) is 6.86. The lowest BCUT2D eigenvalue weighted by Crippen LogP contribution is -2.47. The van der Waals surface area contributed by atoms with Crippen LogP contribution in [0.2, 0.25) is 0 Å². The molecule has 0 unspecified atom stereocenters. The monoisotopic (exact) mass is 219 g/mol. The van der Waals surface area contributed by atoms with E-state index in [2.05, 4.69) is 45.9 Å². The van der Waals surface area contributed by atoms with E-state index in [0.29, 0.717) is 0 Å². The maximum atomic E-state index is 3.50. The Morgan fingerprint density at radius 3 is 2.62 bits per heavy atom. The molecule has 88 valence electrons. The number of nitrogens with zero attached hydrogens (tertiary/aromatic N) is 1. The number of piperazine rings is 1. The quantitative estimate of drug-likeness (QED) is 0.713. The molecule has 0 amide bonds. The highest BCUT2D eigenvalue weighted by atomic mass is 15.2. The predicted octanol–water partition coefficient (Wildman–Crippen LogP) is 0.681. The van der Waals surface area contributed by atoms with Gasteiger partial charge in [-0.25, -0.2) is 0 Å². The summed E-state index contributed by atoms with van der Waals surface area (Å²) in [5.41, 5.74) is 1.41. The Balaban J connectivity index is 1.58. The van der Waals surface area contributed by atoms with Crippen molar-refractivity contribution in [3.05, 3.63) is 35.9 Å². The van der Waals surface area contributed by atoms with Gasteiger partial charge in [-0.05, 0) is 12.0 Å². The van der Waals surface area contributed by atoms with E-state index in [1.807, 2.05) is 0 Å². The number of nitrogens with one attached hydrogen (secondary N) is 2. The van der Waals surface area contributed by atoms with Gasteiger partial charge in [-0.1, -0.05) is 30.3 Å². The molecule has 1 heterocycles. The molecule has 0 bridgehead atoms. The van der Waals surface area contributed by atoms with E-state index in [1.54, 1.807) is 0 Å². The van der Waals surface area contributed by atoms with Gasteiger partial charge in [0.1, 0.15) is 0 Å². The first kappa shape index (κ1) is 11.6. The zero-order valence-electron chi connectivity index (χ0n) is 9.78. The molecule has 0 spiro atoms. The molecule has 0 aliphatic carbocycles. The van der Waals surface area contributed by atoms with Crippen molar-refractivity contribution in [2.24, 2.45) is 0 Å². The van der Waals surface area contributed by atoms with Crippen molar-refractivity contribution in [3.63, 3.8) is 0 Å². The van der Waals surface area contributed by atoms with Crippen LogP contribution in [0, 0.1) is 0 Å². The molecule has 3 nitrogen and oxygen atoms in total. The van der Waals surface area contributed by atoms with Crippen LogP contribution in [0.15, 0.2) is 30.3 Å². The van der Waals surface area contributed by atoms with Crippen LogP contribution in [0.3, 0.4) is 0 Å². The molecule has 0 radical (unpaired) electrons. The van der Waals surface area contributed by atoms with Crippen LogP contribution in [0.25, 0.3) is 0 Å². The first-order valence-corrected chi connectivity index (χ1v) is 6.13. The minimum absolute atomic E-state index is 1.02. The lowest BCUT2D eigenvalue weighted by atomic mass is 10.1. The molecule has 3 heteroatoms. The molecule has 0 atom stereocenters. The fourth-order valence-electron chi connectivity index (χ4n) is 1.98. The fourth-order valence-corrected chi connectivity index (χ4v) is 1.98. The topological polar surface area (TPSA) is 27.3 Å². The van der Waals surface area contributed by atoms with Crippen LogP contribution in [0.1, 0.15) is 5.56 Å². The molecule has 2 rings (SSSR count). The summed E-state index contributed by atoms with van der Waals surface area (Å²) in [4.78, 5) is 2.46. The van der Waals surface area contributed by atoms with Gasteiger partial charge in [0.25, 0.3) is 0 Å². The summed E-state index contributed by atoms with van der Waals surface area (Å²) in [6.07, 6.45) is 1.12. The molecule has 0 aromatic heterocycles. The molecule has 1 aromatic rings. The van der Waals surface area contributed by atoms with E-state index >= 15 is 0 Å². The van der Waals surface area contributed by atoms with E-state index in [9.17, 15) is 0 Å². The molecule has 2 N–H and O–H groups in total. The zero-order valence-corrected chi connectivity index (χ0v) is 9.78. The standard InChI is InChI=1S/C13H21N3/c1-2-4-13(5-3-1)6-7-15-12-16-10-8-14-9-11-16/h1-5,14-15H,6-12H2. The van der Waals surface area contributed by atoms with E-state index < -0.39 is 0 Å². The minimum Gasteiger partial charge on any atom is -0.314 e. The third-order valence-corrected chi connectivity index (χ3v) is 2.98. The largest absolute Gasteiger partial charge is 0.314 e. The second kappa shape index (κ2) is 6.63. The van der Waals surface area contributed by atoms with Gasteiger partial charge in [-0.3, -0.25) is 4.90 Å². The third kappa shape index (κ3) is 3.93. The summed E-state index contributed by atoms with van der Waals surface area (Å²) >= 11 is 0. The highest BCUT2D eigenvalue weighted by molar-refractivity contribution is 5.14. The molecule has 1 fully saturated rings.